The molecule has 3 aromatic heterocycles. The van der Waals surface area contributed by atoms with Gasteiger partial charge in [-0.2, -0.15) is 0 Å². The average molecular weight is 461 g/mol. The third-order valence-electron chi connectivity index (χ3n) is 5.53. The molecule has 3 heterocycles. The number of carbonyl (C=O) groups is 3. The summed E-state index contributed by atoms with van der Waals surface area (Å²) in [5, 5.41) is 11.2. The minimum absolute atomic E-state index is 0.0219. The number of rotatable bonds is 6. The van der Waals surface area contributed by atoms with Gasteiger partial charge in [-0.1, -0.05) is 30.3 Å². The number of nitrogen functional groups attached to an aromatic ring is 1. The Bertz CT molecular complexity index is 1500. The van der Waals surface area contributed by atoms with E-state index in [4.69, 9.17) is 14.9 Å². The summed E-state index contributed by atoms with van der Waals surface area (Å²) in [4.78, 5) is 49.3. The molecular weight excluding hydrogens is 442 g/mol. The number of aryl methyl sites for hydroxylation is 1. The summed E-state index contributed by atoms with van der Waals surface area (Å²) >= 11 is 0. The highest BCUT2D eigenvalue weighted by atomic mass is 16.6. The zero-order chi connectivity index (χ0) is 24.7. The zero-order valence-electron chi connectivity index (χ0n) is 18.4. The number of nitro groups is 1. The molecule has 10 heteroatoms. The van der Waals surface area contributed by atoms with Crippen molar-refractivity contribution in [3.63, 3.8) is 0 Å². The summed E-state index contributed by atoms with van der Waals surface area (Å²) in [7, 11) is 1.16. The summed E-state index contributed by atoms with van der Waals surface area (Å²) in [6, 6.07) is 12.3. The van der Waals surface area contributed by atoms with Crippen molar-refractivity contribution in [1.82, 2.24) is 4.40 Å². The summed E-state index contributed by atoms with van der Waals surface area (Å²) in [6.07, 6.45) is 0. The molecule has 0 spiro atoms. The third-order valence-corrected chi connectivity index (χ3v) is 5.53. The second kappa shape index (κ2) is 8.32. The fraction of sp³-hybridized carbons (Fsp3) is 0.125. The van der Waals surface area contributed by atoms with Gasteiger partial charge in [0, 0.05) is 22.4 Å². The van der Waals surface area contributed by atoms with Crippen molar-refractivity contribution in [2.45, 2.75) is 13.8 Å². The number of esters is 1. The van der Waals surface area contributed by atoms with E-state index in [0.717, 1.165) is 13.2 Å². The molecule has 0 saturated carbocycles. The van der Waals surface area contributed by atoms with E-state index >= 15 is 0 Å². The number of pyridine rings is 1. The average Bonchev–Trinajstić information content (AvgIpc) is 3.44. The first-order valence-corrected chi connectivity index (χ1v) is 10.1. The highest BCUT2D eigenvalue weighted by Gasteiger charge is 2.31. The standard InChI is InChI=1S/C24H19N3O7/c1-12-19(13(2)28)21(17-9-10-18(34-17)27(31)32)20(24(30)33-3)16-11-15(23(25)26(12)16)22(29)14-7-5-4-6-8-14/h4-11H,25H2,1-3H3. The monoisotopic (exact) mass is 461 g/mol. The number of anilines is 1. The van der Waals surface area contributed by atoms with Crippen molar-refractivity contribution >= 4 is 34.8 Å². The second-order valence-corrected chi connectivity index (χ2v) is 7.51. The number of nitrogens with two attached hydrogens (primary N) is 1. The van der Waals surface area contributed by atoms with Gasteiger partial charge in [0.05, 0.1) is 29.8 Å². The van der Waals surface area contributed by atoms with Crippen molar-refractivity contribution in [1.29, 1.82) is 0 Å². The van der Waals surface area contributed by atoms with Crippen LogP contribution in [0.15, 0.2) is 52.9 Å². The quantitative estimate of drug-likeness (QED) is 0.194. The number of ether oxygens (including phenoxy) is 1. The Morgan fingerprint density at radius 2 is 1.76 bits per heavy atom. The van der Waals surface area contributed by atoms with Crippen molar-refractivity contribution in [2.24, 2.45) is 0 Å². The fourth-order valence-electron chi connectivity index (χ4n) is 4.09. The first-order chi connectivity index (χ1) is 16.2. The summed E-state index contributed by atoms with van der Waals surface area (Å²) in [5.74, 6) is -2.26. The highest BCUT2D eigenvalue weighted by Crippen LogP contribution is 2.39. The van der Waals surface area contributed by atoms with Crippen LogP contribution in [-0.4, -0.2) is 34.0 Å². The smallest absolute Gasteiger partial charge is 0.433 e. The van der Waals surface area contributed by atoms with Crippen molar-refractivity contribution in [3.8, 4) is 11.3 Å². The second-order valence-electron chi connectivity index (χ2n) is 7.51. The molecule has 0 radical (unpaired) electrons. The number of ketones is 2. The van der Waals surface area contributed by atoms with Gasteiger partial charge in [-0.3, -0.25) is 24.1 Å². The van der Waals surface area contributed by atoms with Crippen LogP contribution in [-0.2, 0) is 4.74 Å². The maximum Gasteiger partial charge on any atom is 0.433 e. The Morgan fingerprint density at radius 1 is 1.09 bits per heavy atom. The van der Waals surface area contributed by atoms with Crippen LogP contribution in [0.25, 0.3) is 16.8 Å². The van der Waals surface area contributed by atoms with Gasteiger partial charge in [0.15, 0.2) is 11.6 Å². The molecule has 0 aliphatic rings. The van der Waals surface area contributed by atoms with Crippen molar-refractivity contribution in [3.05, 3.63) is 86.6 Å². The Balaban J connectivity index is 2.14. The van der Waals surface area contributed by atoms with E-state index in [9.17, 15) is 24.5 Å². The van der Waals surface area contributed by atoms with E-state index in [-0.39, 0.29) is 45.1 Å². The van der Waals surface area contributed by atoms with Crippen LogP contribution in [0.3, 0.4) is 0 Å². The largest absolute Gasteiger partial charge is 0.465 e. The number of benzene rings is 1. The zero-order valence-corrected chi connectivity index (χ0v) is 18.4. The number of nitrogens with zero attached hydrogens (tertiary/aromatic N) is 2. The minimum atomic E-state index is -0.835. The number of Topliss-reactive ketones (excluding diaryl/α,β-unsaturated/α-hetero) is 1. The molecule has 172 valence electrons. The van der Waals surface area contributed by atoms with Crippen LogP contribution in [0.1, 0.15) is 49.3 Å². The Labute approximate surface area is 192 Å². The lowest BCUT2D eigenvalue weighted by molar-refractivity contribution is -0.401. The van der Waals surface area contributed by atoms with Crippen molar-refractivity contribution < 1.29 is 28.5 Å². The molecule has 4 aromatic rings. The lowest BCUT2D eigenvalue weighted by Gasteiger charge is -2.17. The number of hydrogen-bond donors (Lipinski definition) is 1. The maximum absolute atomic E-state index is 13.2. The SMILES string of the molecule is COC(=O)c1c(-c2ccc([N+](=O)[O-])o2)c(C(C)=O)c(C)n2c(N)c(C(=O)c3ccccc3)cc12. The first-order valence-electron chi connectivity index (χ1n) is 10.1. The van der Waals surface area contributed by atoms with Crippen LogP contribution < -0.4 is 5.73 Å². The molecule has 0 amide bonds. The Kier molecular flexibility index (Phi) is 5.50. The molecule has 0 aliphatic carbocycles. The number of methoxy groups -OCH3 is 1. The molecule has 2 N–H and O–H groups in total. The van der Waals surface area contributed by atoms with Gasteiger partial charge in [0.1, 0.15) is 16.5 Å². The first kappa shape index (κ1) is 22.5. The molecule has 4 rings (SSSR count). The van der Waals surface area contributed by atoms with Gasteiger partial charge in [-0.05, 0) is 26.0 Å². The molecule has 10 nitrogen and oxygen atoms in total. The van der Waals surface area contributed by atoms with E-state index in [0.29, 0.717) is 11.3 Å². The lowest BCUT2D eigenvalue weighted by Crippen LogP contribution is -2.15. The fourth-order valence-corrected chi connectivity index (χ4v) is 4.09. The van der Waals surface area contributed by atoms with Gasteiger partial charge in [-0.25, -0.2) is 4.79 Å². The van der Waals surface area contributed by atoms with Crippen LogP contribution in [0, 0.1) is 17.0 Å². The van der Waals surface area contributed by atoms with Gasteiger partial charge >= 0.3 is 11.9 Å². The maximum atomic E-state index is 13.2. The molecule has 34 heavy (non-hydrogen) atoms. The number of carbonyl (C=O) groups excluding carboxylic acids is 3. The predicted octanol–water partition coefficient (Wildman–Crippen LogP) is 4.22. The lowest BCUT2D eigenvalue weighted by atomic mass is 9.95. The summed E-state index contributed by atoms with van der Waals surface area (Å²) in [6.45, 7) is 2.88. The van der Waals surface area contributed by atoms with Crippen LogP contribution in [0.2, 0.25) is 0 Å². The number of furan rings is 1. The van der Waals surface area contributed by atoms with Crippen molar-refractivity contribution in [2.75, 3.05) is 12.8 Å². The van der Waals surface area contributed by atoms with Gasteiger partial charge in [-0.15, -0.1) is 0 Å². The van der Waals surface area contributed by atoms with Gasteiger partial charge in [0.25, 0.3) is 0 Å². The van der Waals surface area contributed by atoms with E-state index < -0.39 is 22.6 Å². The van der Waals surface area contributed by atoms with E-state index in [1.54, 1.807) is 37.3 Å². The molecule has 1 aromatic carbocycles. The highest BCUT2D eigenvalue weighted by molar-refractivity contribution is 6.16. The molecule has 0 bridgehead atoms. The molecule has 0 unspecified atom stereocenters. The summed E-state index contributed by atoms with van der Waals surface area (Å²) in [5.41, 5.74) is 7.35. The van der Waals surface area contributed by atoms with E-state index in [1.807, 2.05) is 0 Å². The van der Waals surface area contributed by atoms with Crippen LogP contribution >= 0.6 is 0 Å². The molecule has 0 fully saturated rings. The topological polar surface area (TPSA) is 147 Å². The van der Waals surface area contributed by atoms with Gasteiger partial charge in [0.2, 0.25) is 0 Å². The Hall–Kier alpha value is -4.73. The van der Waals surface area contributed by atoms with Crippen LogP contribution in [0.4, 0.5) is 11.7 Å². The molecular formula is C24H19N3O7. The van der Waals surface area contributed by atoms with E-state index in [2.05, 4.69) is 0 Å². The van der Waals surface area contributed by atoms with E-state index in [1.165, 1.54) is 23.5 Å². The molecule has 0 aliphatic heterocycles. The molecule has 0 atom stereocenters. The number of aromatic nitrogens is 1. The third kappa shape index (κ3) is 3.41. The normalized spacial score (nSPS) is 10.9. The minimum Gasteiger partial charge on any atom is -0.465 e. The molecule has 0 saturated heterocycles. The van der Waals surface area contributed by atoms with Crippen LogP contribution in [0.5, 0.6) is 0 Å². The van der Waals surface area contributed by atoms with Gasteiger partial charge < -0.3 is 14.9 Å². The summed E-state index contributed by atoms with van der Waals surface area (Å²) < 4.78 is 11.7. The Morgan fingerprint density at radius 3 is 2.32 bits per heavy atom. The number of hydrogen-bond acceptors (Lipinski definition) is 8. The number of fused-ring (bicyclic) bond motifs is 1. The predicted molar refractivity (Wildman–Crippen MR) is 122 cm³/mol.